The van der Waals surface area contributed by atoms with Crippen LogP contribution in [0.3, 0.4) is 0 Å². The smallest absolute Gasteiger partial charge is 0.339 e. The fraction of sp³-hybridized carbons (Fsp3) is 0.357. The summed E-state index contributed by atoms with van der Waals surface area (Å²) in [5, 5.41) is 14.3. The second-order valence-electron chi connectivity index (χ2n) is 4.87. The Morgan fingerprint density at radius 1 is 1.55 bits per heavy atom. The largest absolute Gasteiger partial charge is 0.478 e. The van der Waals surface area contributed by atoms with Crippen molar-refractivity contribution < 1.29 is 9.90 Å². The molecule has 2 aromatic rings. The van der Waals surface area contributed by atoms with Crippen LogP contribution in [0.5, 0.6) is 0 Å². The molecule has 2 heterocycles. The highest BCUT2D eigenvalue weighted by Crippen LogP contribution is 2.30. The SMILES string of the molecule is C=CCN(c1c(C(=O)O)cnc2c1cnn2C)C(C)C. The molecule has 0 saturated heterocycles. The van der Waals surface area contributed by atoms with Gasteiger partial charge in [0.05, 0.1) is 17.3 Å². The van der Waals surface area contributed by atoms with Crippen molar-refractivity contribution in [2.75, 3.05) is 11.4 Å². The Bertz CT molecular complexity index is 660. The molecule has 0 fully saturated rings. The van der Waals surface area contributed by atoms with Crippen LogP contribution in [0.1, 0.15) is 24.2 Å². The average molecular weight is 274 g/mol. The van der Waals surface area contributed by atoms with Crippen LogP contribution in [0.4, 0.5) is 5.69 Å². The Balaban J connectivity index is 2.77. The molecule has 0 aliphatic rings. The fourth-order valence-electron chi connectivity index (χ4n) is 2.25. The second kappa shape index (κ2) is 5.32. The van der Waals surface area contributed by atoms with Crippen molar-refractivity contribution >= 4 is 22.7 Å². The quantitative estimate of drug-likeness (QED) is 0.845. The van der Waals surface area contributed by atoms with Gasteiger partial charge < -0.3 is 10.0 Å². The number of pyridine rings is 1. The molecule has 6 heteroatoms. The first kappa shape index (κ1) is 14.0. The molecule has 0 spiro atoms. The first-order valence-electron chi connectivity index (χ1n) is 6.39. The zero-order chi connectivity index (χ0) is 14.9. The zero-order valence-electron chi connectivity index (χ0n) is 11.9. The van der Waals surface area contributed by atoms with E-state index in [4.69, 9.17) is 0 Å². The van der Waals surface area contributed by atoms with Gasteiger partial charge in [0, 0.05) is 25.8 Å². The number of aromatic nitrogens is 3. The molecule has 0 unspecified atom stereocenters. The lowest BCUT2D eigenvalue weighted by Gasteiger charge is -2.29. The van der Waals surface area contributed by atoms with Crippen LogP contribution in [0.2, 0.25) is 0 Å². The van der Waals surface area contributed by atoms with Gasteiger partial charge in [0.15, 0.2) is 5.65 Å². The third-order valence-corrected chi connectivity index (χ3v) is 3.20. The van der Waals surface area contributed by atoms with Crippen molar-refractivity contribution in [2.45, 2.75) is 19.9 Å². The van der Waals surface area contributed by atoms with Crippen LogP contribution in [0.15, 0.2) is 25.0 Å². The number of carbonyl (C=O) groups is 1. The molecule has 106 valence electrons. The van der Waals surface area contributed by atoms with E-state index in [1.807, 2.05) is 18.7 Å². The Morgan fingerprint density at radius 3 is 2.80 bits per heavy atom. The van der Waals surface area contributed by atoms with E-state index >= 15 is 0 Å². The number of aryl methyl sites for hydroxylation is 1. The highest BCUT2D eigenvalue weighted by atomic mass is 16.4. The summed E-state index contributed by atoms with van der Waals surface area (Å²) in [6, 6.07) is 0.136. The first-order chi connectivity index (χ1) is 9.47. The van der Waals surface area contributed by atoms with Gasteiger partial charge >= 0.3 is 5.97 Å². The van der Waals surface area contributed by atoms with E-state index in [-0.39, 0.29) is 11.6 Å². The van der Waals surface area contributed by atoms with Gasteiger partial charge in [-0.1, -0.05) is 6.08 Å². The van der Waals surface area contributed by atoms with Gasteiger partial charge in [-0.3, -0.25) is 4.68 Å². The summed E-state index contributed by atoms with van der Waals surface area (Å²) in [5.74, 6) is -0.993. The number of aromatic carboxylic acids is 1. The van der Waals surface area contributed by atoms with E-state index in [2.05, 4.69) is 16.7 Å². The van der Waals surface area contributed by atoms with Crippen molar-refractivity contribution in [1.82, 2.24) is 14.8 Å². The number of carboxylic acids is 1. The minimum atomic E-state index is -0.993. The summed E-state index contributed by atoms with van der Waals surface area (Å²) < 4.78 is 1.64. The van der Waals surface area contributed by atoms with E-state index in [0.29, 0.717) is 17.9 Å². The van der Waals surface area contributed by atoms with Crippen molar-refractivity contribution in [3.8, 4) is 0 Å². The summed E-state index contributed by atoms with van der Waals surface area (Å²) in [6.45, 7) is 8.33. The molecular formula is C14H18N4O2. The Morgan fingerprint density at radius 2 is 2.25 bits per heavy atom. The van der Waals surface area contributed by atoms with Gasteiger partial charge in [-0.25, -0.2) is 9.78 Å². The molecule has 0 amide bonds. The molecule has 1 N–H and O–H groups in total. The maximum atomic E-state index is 11.5. The molecule has 2 rings (SSSR count). The first-order valence-corrected chi connectivity index (χ1v) is 6.39. The number of fused-ring (bicyclic) bond motifs is 1. The van der Waals surface area contributed by atoms with Crippen LogP contribution in [-0.4, -0.2) is 38.4 Å². The van der Waals surface area contributed by atoms with Gasteiger partial charge in [-0.2, -0.15) is 5.10 Å². The Hall–Kier alpha value is -2.37. The lowest BCUT2D eigenvalue weighted by molar-refractivity contribution is 0.0697. The molecule has 0 saturated carbocycles. The summed E-state index contributed by atoms with van der Waals surface area (Å²) in [5.41, 5.74) is 1.49. The highest BCUT2D eigenvalue weighted by Gasteiger charge is 2.22. The second-order valence-corrected chi connectivity index (χ2v) is 4.87. The maximum absolute atomic E-state index is 11.5. The summed E-state index contributed by atoms with van der Waals surface area (Å²) in [6.07, 6.45) is 4.80. The third kappa shape index (κ3) is 2.24. The Kier molecular flexibility index (Phi) is 3.74. The number of anilines is 1. The molecule has 0 aliphatic heterocycles. The van der Waals surface area contributed by atoms with Crippen LogP contribution >= 0.6 is 0 Å². The van der Waals surface area contributed by atoms with Crippen molar-refractivity contribution in [3.05, 3.63) is 30.6 Å². The molecule has 2 aromatic heterocycles. The Labute approximate surface area is 117 Å². The molecule has 0 atom stereocenters. The third-order valence-electron chi connectivity index (χ3n) is 3.20. The van der Waals surface area contributed by atoms with Gasteiger partial charge in [0.25, 0.3) is 0 Å². The van der Waals surface area contributed by atoms with E-state index in [1.54, 1.807) is 24.0 Å². The average Bonchev–Trinajstić information content (AvgIpc) is 2.76. The minimum absolute atomic E-state index is 0.136. The van der Waals surface area contributed by atoms with E-state index in [0.717, 1.165) is 5.39 Å². The van der Waals surface area contributed by atoms with Gasteiger partial charge in [0.1, 0.15) is 5.56 Å². The number of hydrogen-bond donors (Lipinski definition) is 1. The number of rotatable bonds is 5. The zero-order valence-corrected chi connectivity index (χ0v) is 11.9. The monoisotopic (exact) mass is 274 g/mol. The predicted octanol–water partition coefficient (Wildman–Crippen LogP) is 2.07. The molecule has 20 heavy (non-hydrogen) atoms. The van der Waals surface area contributed by atoms with Gasteiger partial charge in [-0.15, -0.1) is 6.58 Å². The molecule has 6 nitrogen and oxygen atoms in total. The number of hydrogen-bond acceptors (Lipinski definition) is 4. The van der Waals surface area contributed by atoms with Gasteiger partial charge in [-0.05, 0) is 13.8 Å². The van der Waals surface area contributed by atoms with Crippen molar-refractivity contribution in [1.29, 1.82) is 0 Å². The lowest BCUT2D eigenvalue weighted by atomic mass is 10.1. The van der Waals surface area contributed by atoms with Gasteiger partial charge in [0.2, 0.25) is 0 Å². The molecular weight excluding hydrogens is 256 g/mol. The van der Waals surface area contributed by atoms with Crippen LogP contribution in [0, 0.1) is 0 Å². The highest BCUT2D eigenvalue weighted by molar-refractivity contribution is 6.03. The number of carboxylic acid groups (broad SMARTS) is 1. The standard InChI is InChI=1S/C14H18N4O2/c1-5-6-18(9(2)3)12-10-8-16-17(4)13(10)15-7-11(12)14(19)20/h5,7-9H,1,6H2,2-4H3,(H,19,20). The summed E-state index contributed by atoms with van der Waals surface area (Å²) >= 11 is 0. The molecule has 0 aromatic carbocycles. The predicted molar refractivity (Wildman–Crippen MR) is 78.1 cm³/mol. The molecule has 0 aliphatic carbocycles. The lowest BCUT2D eigenvalue weighted by Crippen LogP contribution is -2.32. The fourth-order valence-corrected chi connectivity index (χ4v) is 2.25. The van der Waals surface area contributed by atoms with E-state index < -0.39 is 5.97 Å². The minimum Gasteiger partial charge on any atom is -0.478 e. The maximum Gasteiger partial charge on any atom is 0.339 e. The van der Waals surface area contributed by atoms with Crippen LogP contribution in [0.25, 0.3) is 11.0 Å². The van der Waals surface area contributed by atoms with Crippen LogP contribution < -0.4 is 4.90 Å². The van der Waals surface area contributed by atoms with E-state index in [9.17, 15) is 9.90 Å². The topological polar surface area (TPSA) is 71.2 Å². The molecule has 0 radical (unpaired) electrons. The number of nitrogens with zero attached hydrogens (tertiary/aromatic N) is 4. The normalized spacial score (nSPS) is 11.0. The van der Waals surface area contributed by atoms with E-state index in [1.165, 1.54) is 6.20 Å². The van der Waals surface area contributed by atoms with Crippen LogP contribution in [-0.2, 0) is 7.05 Å². The molecule has 0 bridgehead atoms. The summed E-state index contributed by atoms with van der Waals surface area (Å²) in [7, 11) is 1.78. The summed E-state index contributed by atoms with van der Waals surface area (Å²) in [4.78, 5) is 17.7. The van der Waals surface area contributed by atoms with Crippen molar-refractivity contribution in [2.24, 2.45) is 7.05 Å². The van der Waals surface area contributed by atoms with Crippen molar-refractivity contribution in [3.63, 3.8) is 0 Å².